The van der Waals surface area contributed by atoms with Gasteiger partial charge in [-0.1, -0.05) is 6.07 Å². The minimum Gasteiger partial charge on any atom is -0.348 e. The second kappa shape index (κ2) is 7.60. The number of aromatic amines is 1. The molecule has 3 aliphatic rings. The Morgan fingerprint density at radius 2 is 1.79 bits per heavy atom. The van der Waals surface area contributed by atoms with Crippen LogP contribution < -0.4 is 16.6 Å². The molecule has 0 unspecified atom stereocenters. The van der Waals surface area contributed by atoms with Crippen LogP contribution in [0.15, 0.2) is 46.0 Å². The van der Waals surface area contributed by atoms with Gasteiger partial charge in [0, 0.05) is 11.6 Å². The third-order valence-corrected chi connectivity index (χ3v) is 7.08. The summed E-state index contributed by atoms with van der Waals surface area (Å²) in [4.78, 5) is 42.0. The number of hydrogen-bond donors (Lipinski definition) is 2. The standard InChI is InChI=1S/C24H22F3N3O3/c1-12(16-4-2-15(26)7-18(16)27)28-21(31)20(11-24-8-13(9-24)10-24)30-22(32)17-6-14(25)3-5-19(17)29-23(30)33/h2-7,12-13,20H,8-11H2,1H3,(H,28,31)(H,29,33)/t12-,13?,20-,24?/m0/s1. The van der Waals surface area contributed by atoms with Crippen LogP contribution in [0.1, 0.15) is 50.3 Å². The predicted molar refractivity (Wildman–Crippen MR) is 115 cm³/mol. The van der Waals surface area contributed by atoms with Gasteiger partial charge in [-0.2, -0.15) is 0 Å². The minimum atomic E-state index is -1.15. The summed E-state index contributed by atoms with van der Waals surface area (Å²) in [5.74, 6) is -2.20. The molecule has 0 aliphatic heterocycles. The van der Waals surface area contributed by atoms with Gasteiger partial charge >= 0.3 is 5.69 Å². The third kappa shape index (κ3) is 3.65. The van der Waals surface area contributed by atoms with E-state index in [0.717, 1.165) is 48.1 Å². The normalized spacial score (nSPS) is 22.8. The molecule has 0 radical (unpaired) electrons. The summed E-state index contributed by atoms with van der Waals surface area (Å²) in [7, 11) is 0. The van der Waals surface area contributed by atoms with E-state index in [9.17, 15) is 27.6 Å². The van der Waals surface area contributed by atoms with Crippen LogP contribution in [0.4, 0.5) is 13.2 Å². The van der Waals surface area contributed by atoms with Gasteiger partial charge in [0.1, 0.15) is 23.5 Å². The van der Waals surface area contributed by atoms with Crippen molar-refractivity contribution in [2.75, 3.05) is 0 Å². The molecule has 0 saturated heterocycles. The minimum absolute atomic E-state index is 0.0392. The van der Waals surface area contributed by atoms with Gasteiger partial charge < -0.3 is 10.3 Å². The first-order valence-corrected chi connectivity index (χ1v) is 10.9. The molecular formula is C24H22F3N3O3. The number of amides is 1. The van der Waals surface area contributed by atoms with E-state index in [2.05, 4.69) is 10.3 Å². The Hall–Kier alpha value is -3.36. The fourth-order valence-corrected chi connectivity index (χ4v) is 5.34. The number of benzene rings is 2. The fraction of sp³-hybridized carbons (Fsp3) is 0.375. The van der Waals surface area contributed by atoms with Gasteiger partial charge in [0.15, 0.2) is 0 Å². The molecule has 172 valence electrons. The van der Waals surface area contributed by atoms with Gasteiger partial charge in [0.25, 0.3) is 5.56 Å². The van der Waals surface area contributed by atoms with Crippen molar-refractivity contribution >= 4 is 16.8 Å². The summed E-state index contributed by atoms with van der Waals surface area (Å²) in [6.07, 6.45) is 3.05. The molecule has 3 aliphatic carbocycles. The molecule has 1 amide bonds. The Morgan fingerprint density at radius 1 is 1.12 bits per heavy atom. The lowest BCUT2D eigenvalue weighted by molar-refractivity contribution is -0.140. The molecule has 6 nitrogen and oxygen atoms in total. The lowest BCUT2D eigenvalue weighted by Crippen LogP contribution is -2.55. The zero-order valence-electron chi connectivity index (χ0n) is 17.8. The van der Waals surface area contributed by atoms with E-state index in [1.165, 1.54) is 19.1 Å². The average Bonchev–Trinajstić information content (AvgIpc) is 2.68. The summed E-state index contributed by atoms with van der Waals surface area (Å²) in [5, 5.41) is 2.63. The molecule has 3 fully saturated rings. The van der Waals surface area contributed by atoms with Crippen molar-refractivity contribution in [3.63, 3.8) is 0 Å². The number of nitrogens with one attached hydrogen (secondary N) is 2. The lowest BCUT2D eigenvalue weighted by atomic mass is 9.43. The van der Waals surface area contributed by atoms with E-state index >= 15 is 0 Å². The number of fused-ring (bicyclic) bond motifs is 1. The topological polar surface area (TPSA) is 84.0 Å². The van der Waals surface area contributed by atoms with Gasteiger partial charge in [-0.3, -0.25) is 9.59 Å². The maximum atomic E-state index is 14.2. The number of hydrogen-bond acceptors (Lipinski definition) is 3. The Kier molecular flexibility index (Phi) is 4.95. The molecule has 6 rings (SSSR count). The highest BCUT2D eigenvalue weighted by molar-refractivity contribution is 5.82. The number of halogens is 3. The average molecular weight is 457 g/mol. The van der Waals surface area contributed by atoms with Crippen LogP contribution in [0.2, 0.25) is 0 Å². The second-order valence-corrected chi connectivity index (χ2v) is 9.39. The van der Waals surface area contributed by atoms with Crippen molar-refractivity contribution < 1.29 is 18.0 Å². The number of rotatable bonds is 6. The number of aromatic nitrogens is 2. The SMILES string of the molecule is C[C@H](NC(=O)[C@H](CC12CC(C1)C2)n1c(=O)[nH]c2ccc(F)cc2c1=O)c1ccc(F)cc1F. The first kappa shape index (κ1) is 21.5. The summed E-state index contributed by atoms with van der Waals surface area (Å²) >= 11 is 0. The molecule has 2 N–H and O–H groups in total. The summed E-state index contributed by atoms with van der Waals surface area (Å²) in [6.45, 7) is 1.54. The van der Waals surface area contributed by atoms with Crippen molar-refractivity contribution in [2.24, 2.45) is 11.3 Å². The van der Waals surface area contributed by atoms with Crippen molar-refractivity contribution in [1.29, 1.82) is 0 Å². The highest BCUT2D eigenvalue weighted by atomic mass is 19.1. The first-order chi connectivity index (χ1) is 15.7. The molecule has 2 aromatic carbocycles. The third-order valence-electron chi connectivity index (χ3n) is 7.08. The highest BCUT2D eigenvalue weighted by Gasteiger charge is 2.57. The molecule has 9 heteroatoms. The largest absolute Gasteiger partial charge is 0.348 e. The number of H-pyrrole nitrogens is 1. The molecular weight excluding hydrogens is 435 g/mol. The molecule has 2 atom stereocenters. The molecule has 2 bridgehead atoms. The molecule has 0 spiro atoms. The number of carbonyl (C=O) groups is 1. The van der Waals surface area contributed by atoms with Crippen molar-refractivity contribution in [2.45, 2.75) is 44.7 Å². The van der Waals surface area contributed by atoms with Crippen LogP contribution in [0.25, 0.3) is 10.9 Å². The maximum Gasteiger partial charge on any atom is 0.329 e. The van der Waals surface area contributed by atoms with Crippen LogP contribution in [0.5, 0.6) is 0 Å². The zero-order valence-corrected chi connectivity index (χ0v) is 17.8. The summed E-state index contributed by atoms with van der Waals surface area (Å²) in [6, 6.07) is 4.53. The van der Waals surface area contributed by atoms with Crippen molar-refractivity contribution in [3.05, 3.63) is 80.3 Å². The highest BCUT2D eigenvalue weighted by Crippen LogP contribution is 2.67. The Bertz CT molecular complexity index is 1380. The van der Waals surface area contributed by atoms with Crippen LogP contribution in [-0.4, -0.2) is 15.5 Å². The smallest absolute Gasteiger partial charge is 0.329 e. The molecule has 1 aromatic heterocycles. The zero-order chi connectivity index (χ0) is 23.5. The van der Waals surface area contributed by atoms with E-state index < -0.39 is 46.7 Å². The van der Waals surface area contributed by atoms with Gasteiger partial charge in [-0.15, -0.1) is 0 Å². The van der Waals surface area contributed by atoms with Crippen molar-refractivity contribution in [3.8, 4) is 0 Å². The van der Waals surface area contributed by atoms with Gasteiger partial charge in [-0.25, -0.2) is 22.5 Å². The fourth-order valence-electron chi connectivity index (χ4n) is 5.34. The maximum absolute atomic E-state index is 14.2. The summed E-state index contributed by atoms with van der Waals surface area (Å²) < 4.78 is 42.1. The molecule has 3 aromatic rings. The van der Waals surface area contributed by atoms with E-state index in [0.29, 0.717) is 5.92 Å². The van der Waals surface area contributed by atoms with Crippen LogP contribution in [0.3, 0.4) is 0 Å². The van der Waals surface area contributed by atoms with E-state index in [4.69, 9.17) is 0 Å². The molecule has 1 heterocycles. The van der Waals surface area contributed by atoms with Gasteiger partial charge in [0.05, 0.1) is 16.9 Å². The van der Waals surface area contributed by atoms with Gasteiger partial charge in [0.2, 0.25) is 5.91 Å². The van der Waals surface area contributed by atoms with E-state index in [1.807, 2.05) is 0 Å². The predicted octanol–water partition coefficient (Wildman–Crippen LogP) is 3.72. The van der Waals surface area contributed by atoms with E-state index in [1.54, 1.807) is 0 Å². The van der Waals surface area contributed by atoms with Crippen LogP contribution in [0, 0.1) is 28.8 Å². The quantitative estimate of drug-likeness (QED) is 0.592. The number of nitrogens with zero attached hydrogens (tertiary/aromatic N) is 1. The van der Waals surface area contributed by atoms with Crippen LogP contribution >= 0.6 is 0 Å². The monoisotopic (exact) mass is 457 g/mol. The lowest BCUT2D eigenvalue weighted by Gasteiger charge is -2.63. The Morgan fingerprint density at radius 3 is 2.42 bits per heavy atom. The Labute approximate surface area is 186 Å². The van der Waals surface area contributed by atoms with E-state index in [-0.39, 0.29) is 28.3 Å². The van der Waals surface area contributed by atoms with Gasteiger partial charge in [-0.05, 0) is 68.2 Å². The van der Waals surface area contributed by atoms with Crippen LogP contribution in [-0.2, 0) is 4.79 Å². The van der Waals surface area contributed by atoms with Crippen molar-refractivity contribution in [1.82, 2.24) is 14.9 Å². The molecule has 3 saturated carbocycles. The second-order valence-electron chi connectivity index (χ2n) is 9.39. The number of carbonyl (C=O) groups excluding carboxylic acids is 1. The molecule has 33 heavy (non-hydrogen) atoms. The summed E-state index contributed by atoms with van der Waals surface area (Å²) in [5.41, 5.74) is -1.39. The Balaban J connectivity index is 1.53. The first-order valence-electron chi connectivity index (χ1n) is 10.9.